The lowest BCUT2D eigenvalue weighted by molar-refractivity contribution is -0.139. The van der Waals surface area contributed by atoms with E-state index in [2.05, 4.69) is 25.2 Å². The van der Waals surface area contributed by atoms with Crippen LogP contribution in [0.5, 0.6) is 0 Å². The normalized spacial score (nSPS) is 11.5. The topological polar surface area (TPSA) is 26.3 Å². The zero-order valence-corrected chi connectivity index (χ0v) is 14.8. The molecule has 0 bridgehead atoms. The SMILES string of the molecule is CCCC/C=C/CCCCCCCCC/C=C/COC(C)=O. The number of unbranched alkanes of at least 4 members (excludes halogenated alkanes) is 10. The second-order valence-corrected chi connectivity index (χ2v) is 5.94. The van der Waals surface area contributed by atoms with Gasteiger partial charge in [0, 0.05) is 6.92 Å². The fourth-order valence-electron chi connectivity index (χ4n) is 2.32. The number of hydrogen-bond donors (Lipinski definition) is 0. The number of carbonyl (C=O) groups excluding carboxylic acids is 1. The van der Waals surface area contributed by atoms with Gasteiger partial charge in [-0.25, -0.2) is 0 Å². The van der Waals surface area contributed by atoms with E-state index in [4.69, 9.17) is 4.74 Å². The van der Waals surface area contributed by atoms with Gasteiger partial charge in [-0.1, -0.05) is 76.2 Å². The van der Waals surface area contributed by atoms with Gasteiger partial charge < -0.3 is 4.74 Å². The van der Waals surface area contributed by atoms with Gasteiger partial charge in [0.05, 0.1) is 0 Å². The average Bonchev–Trinajstić information content (AvgIpc) is 2.50. The predicted octanol–water partition coefficient (Wildman–Crippen LogP) is 6.36. The van der Waals surface area contributed by atoms with Crippen molar-refractivity contribution in [2.24, 2.45) is 0 Å². The lowest BCUT2D eigenvalue weighted by Crippen LogP contribution is -1.97. The third-order valence-electron chi connectivity index (χ3n) is 3.68. The van der Waals surface area contributed by atoms with E-state index < -0.39 is 0 Å². The van der Waals surface area contributed by atoms with Crippen molar-refractivity contribution in [3.8, 4) is 0 Å². The predicted molar refractivity (Wildman–Crippen MR) is 96.0 cm³/mol. The highest BCUT2D eigenvalue weighted by atomic mass is 16.5. The summed E-state index contributed by atoms with van der Waals surface area (Å²) in [7, 11) is 0. The van der Waals surface area contributed by atoms with E-state index in [0.717, 1.165) is 6.42 Å². The summed E-state index contributed by atoms with van der Waals surface area (Å²) < 4.78 is 4.83. The van der Waals surface area contributed by atoms with E-state index in [-0.39, 0.29) is 5.97 Å². The molecule has 0 heterocycles. The summed E-state index contributed by atoms with van der Waals surface area (Å²) in [5.41, 5.74) is 0. The lowest BCUT2D eigenvalue weighted by Gasteiger charge is -2.00. The minimum absolute atomic E-state index is 0.207. The van der Waals surface area contributed by atoms with E-state index in [9.17, 15) is 4.79 Å². The molecule has 2 nitrogen and oxygen atoms in total. The standard InChI is InChI=1S/C20H36O2/c1-3-4-5-6-7-8-9-10-11-12-13-14-15-16-17-18-19-22-20(2)21/h6-7,17-18H,3-5,8-16,19H2,1-2H3/b7-6+,18-17+. The van der Waals surface area contributed by atoms with Crippen LogP contribution in [0, 0.1) is 0 Å². The Labute approximate surface area is 138 Å². The maximum absolute atomic E-state index is 10.5. The molecule has 0 aliphatic carbocycles. The molecule has 0 aromatic carbocycles. The molecule has 2 heteroatoms. The summed E-state index contributed by atoms with van der Waals surface area (Å²) in [6.07, 6.45) is 24.4. The smallest absolute Gasteiger partial charge is 0.302 e. The molecule has 0 fully saturated rings. The zero-order chi connectivity index (χ0) is 16.3. The molecular weight excluding hydrogens is 272 g/mol. The van der Waals surface area contributed by atoms with Crippen molar-refractivity contribution in [3.63, 3.8) is 0 Å². The maximum Gasteiger partial charge on any atom is 0.302 e. The van der Waals surface area contributed by atoms with Crippen LogP contribution < -0.4 is 0 Å². The first kappa shape index (κ1) is 20.9. The Bertz CT molecular complexity index is 292. The molecule has 0 atom stereocenters. The third kappa shape index (κ3) is 18.9. The highest BCUT2D eigenvalue weighted by molar-refractivity contribution is 5.65. The van der Waals surface area contributed by atoms with Gasteiger partial charge in [0.2, 0.25) is 0 Å². The highest BCUT2D eigenvalue weighted by Crippen LogP contribution is 2.10. The number of esters is 1. The molecule has 0 unspecified atom stereocenters. The van der Waals surface area contributed by atoms with Crippen molar-refractivity contribution in [3.05, 3.63) is 24.3 Å². The molecule has 22 heavy (non-hydrogen) atoms. The maximum atomic E-state index is 10.5. The van der Waals surface area contributed by atoms with Crippen LogP contribution >= 0.6 is 0 Å². The Hall–Kier alpha value is -1.05. The van der Waals surface area contributed by atoms with Crippen molar-refractivity contribution in [1.29, 1.82) is 0 Å². The summed E-state index contributed by atoms with van der Waals surface area (Å²) in [5, 5.41) is 0. The van der Waals surface area contributed by atoms with Gasteiger partial charge in [-0.2, -0.15) is 0 Å². The molecule has 0 radical (unpaired) electrons. The Kier molecular flexibility index (Phi) is 17.1. The quantitative estimate of drug-likeness (QED) is 0.200. The van der Waals surface area contributed by atoms with Crippen LogP contribution in [0.25, 0.3) is 0 Å². The van der Waals surface area contributed by atoms with E-state index in [1.54, 1.807) is 0 Å². The first-order valence-electron chi connectivity index (χ1n) is 9.20. The van der Waals surface area contributed by atoms with E-state index in [1.807, 2.05) is 6.08 Å². The van der Waals surface area contributed by atoms with Crippen molar-refractivity contribution in [2.75, 3.05) is 6.61 Å². The molecule has 0 aromatic heterocycles. The van der Waals surface area contributed by atoms with E-state index in [0.29, 0.717) is 6.61 Å². The molecule has 0 N–H and O–H groups in total. The Morgan fingerprint density at radius 1 is 0.727 bits per heavy atom. The minimum Gasteiger partial charge on any atom is -0.462 e. The third-order valence-corrected chi connectivity index (χ3v) is 3.68. The number of rotatable bonds is 15. The molecule has 0 aliphatic heterocycles. The monoisotopic (exact) mass is 308 g/mol. The summed E-state index contributed by atoms with van der Waals surface area (Å²) in [4.78, 5) is 10.5. The average molecular weight is 309 g/mol. The van der Waals surface area contributed by atoms with Crippen LogP contribution in [-0.4, -0.2) is 12.6 Å². The first-order valence-corrected chi connectivity index (χ1v) is 9.20. The van der Waals surface area contributed by atoms with Gasteiger partial charge in [-0.05, 0) is 32.1 Å². The molecular formula is C20H36O2. The fourth-order valence-corrected chi connectivity index (χ4v) is 2.32. The lowest BCUT2D eigenvalue weighted by atomic mass is 10.1. The van der Waals surface area contributed by atoms with Gasteiger partial charge in [-0.15, -0.1) is 0 Å². The van der Waals surface area contributed by atoms with Crippen LogP contribution in [0.1, 0.15) is 90.9 Å². The van der Waals surface area contributed by atoms with Crippen LogP contribution in [0.2, 0.25) is 0 Å². The van der Waals surface area contributed by atoms with Gasteiger partial charge in [0.15, 0.2) is 0 Å². The van der Waals surface area contributed by atoms with Crippen LogP contribution in [-0.2, 0) is 9.53 Å². The fraction of sp³-hybridized carbons (Fsp3) is 0.750. The van der Waals surface area contributed by atoms with Crippen molar-refractivity contribution >= 4 is 5.97 Å². The number of carbonyl (C=O) groups is 1. The molecule has 0 aromatic rings. The van der Waals surface area contributed by atoms with Crippen molar-refractivity contribution < 1.29 is 9.53 Å². The van der Waals surface area contributed by atoms with Gasteiger partial charge >= 0.3 is 5.97 Å². The highest BCUT2D eigenvalue weighted by Gasteiger charge is 1.91. The van der Waals surface area contributed by atoms with Crippen LogP contribution in [0.3, 0.4) is 0 Å². The molecule has 0 spiro atoms. The minimum atomic E-state index is -0.207. The van der Waals surface area contributed by atoms with Crippen LogP contribution in [0.15, 0.2) is 24.3 Å². The first-order chi connectivity index (χ1) is 10.8. The Morgan fingerprint density at radius 2 is 1.18 bits per heavy atom. The molecule has 128 valence electrons. The summed E-state index contributed by atoms with van der Waals surface area (Å²) >= 11 is 0. The number of hydrogen-bond acceptors (Lipinski definition) is 2. The molecule has 0 aliphatic rings. The van der Waals surface area contributed by atoms with Gasteiger partial charge in [0.1, 0.15) is 6.61 Å². The van der Waals surface area contributed by atoms with Crippen molar-refractivity contribution in [2.45, 2.75) is 90.9 Å². The van der Waals surface area contributed by atoms with Gasteiger partial charge in [-0.3, -0.25) is 4.79 Å². The van der Waals surface area contributed by atoms with E-state index in [1.165, 1.54) is 77.6 Å². The summed E-state index contributed by atoms with van der Waals surface area (Å²) in [6.45, 7) is 4.10. The van der Waals surface area contributed by atoms with Gasteiger partial charge in [0.25, 0.3) is 0 Å². The zero-order valence-electron chi connectivity index (χ0n) is 14.8. The van der Waals surface area contributed by atoms with E-state index >= 15 is 0 Å². The number of ether oxygens (including phenoxy) is 1. The molecule has 0 saturated carbocycles. The largest absolute Gasteiger partial charge is 0.462 e. The number of allylic oxidation sites excluding steroid dienone is 3. The molecule has 0 amide bonds. The Morgan fingerprint density at radius 3 is 1.68 bits per heavy atom. The van der Waals surface area contributed by atoms with Crippen LogP contribution in [0.4, 0.5) is 0 Å². The summed E-state index contributed by atoms with van der Waals surface area (Å²) in [6, 6.07) is 0. The van der Waals surface area contributed by atoms with Crippen molar-refractivity contribution in [1.82, 2.24) is 0 Å². The molecule has 0 saturated heterocycles. The second-order valence-electron chi connectivity index (χ2n) is 5.94. The Balaban J connectivity index is 3.11. The summed E-state index contributed by atoms with van der Waals surface area (Å²) in [5.74, 6) is -0.207. The second kappa shape index (κ2) is 18.0. The molecule has 0 rings (SSSR count).